The summed E-state index contributed by atoms with van der Waals surface area (Å²) in [5.41, 5.74) is 6.09. The van der Waals surface area contributed by atoms with E-state index in [0.717, 1.165) is 18.9 Å². The van der Waals surface area contributed by atoms with Gasteiger partial charge >= 0.3 is 0 Å². The minimum Gasteiger partial charge on any atom is -0.330 e. The number of piperidine rings is 1. The van der Waals surface area contributed by atoms with Gasteiger partial charge in [-0.1, -0.05) is 13.8 Å². The van der Waals surface area contributed by atoms with E-state index >= 15 is 0 Å². The fraction of sp³-hybridized carbons (Fsp3) is 1.00. The minimum atomic E-state index is 0.420. The van der Waals surface area contributed by atoms with Gasteiger partial charge in [0.1, 0.15) is 0 Å². The molecule has 3 heteroatoms. The molecule has 1 aliphatic heterocycles. The van der Waals surface area contributed by atoms with Crippen LogP contribution in [0.5, 0.6) is 0 Å². The number of likely N-dealkylation sites (tertiary alicyclic amines) is 1. The van der Waals surface area contributed by atoms with Gasteiger partial charge in [0.05, 0.1) is 0 Å². The Morgan fingerprint density at radius 3 is 2.42 bits per heavy atom. The Morgan fingerprint density at radius 2 is 1.84 bits per heavy atom. The monoisotopic (exact) mass is 269 g/mol. The van der Waals surface area contributed by atoms with Crippen LogP contribution < -0.4 is 5.73 Å². The maximum Gasteiger partial charge on any atom is 0.000756 e. The molecule has 0 saturated carbocycles. The average molecular weight is 269 g/mol. The van der Waals surface area contributed by atoms with Crippen LogP contribution in [0.15, 0.2) is 0 Å². The number of nitrogens with zero attached hydrogens (tertiary/aromatic N) is 2. The van der Waals surface area contributed by atoms with Gasteiger partial charge in [-0.25, -0.2) is 0 Å². The van der Waals surface area contributed by atoms with Crippen molar-refractivity contribution in [2.24, 2.45) is 17.1 Å². The number of hydrogen-bond acceptors (Lipinski definition) is 3. The molecule has 1 fully saturated rings. The molecule has 3 nitrogen and oxygen atoms in total. The summed E-state index contributed by atoms with van der Waals surface area (Å²) < 4.78 is 0. The van der Waals surface area contributed by atoms with Crippen LogP contribution in [-0.4, -0.2) is 56.6 Å². The molecule has 1 aliphatic rings. The Kier molecular flexibility index (Phi) is 7.33. The highest BCUT2D eigenvalue weighted by molar-refractivity contribution is 4.74. The standard InChI is InChI=1S/C16H35N3/c1-16(2,9-10-17)8-5-11-19(4)14-15-6-12-18(3)13-7-15/h15H,5-14,17H2,1-4H3. The molecule has 114 valence electrons. The normalized spacial score (nSPS) is 19.3. The van der Waals surface area contributed by atoms with Crippen molar-refractivity contribution in [1.82, 2.24) is 9.80 Å². The van der Waals surface area contributed by atoms with Gasteiger partial charge < -0.3 is 15.5 Å². The lowest BCUT2D eigenvalue weighted by Gasteiger charge is -2.32. The second kappa shape index (κ2) is 8.23. The van der Waals surface area contributed by atoms with Crippen molar-refractivity contribution in [2.75, 3.05) is 46.8 Å². The van der Waals surface area contributed by atoms with Crippen molar-refractivity contribution in [1.29, 1.82) is 0 Å². The Labute approximate surface area is 120 Å². The number of hydrogen-bond donors (Lipinski definition) is 1. The average Bonchev–Trinajstić information content (AvgIpc) is 2.31. The fourth-order valence-corrected chi connectivity index (χ4v) is 3.12. The predicted molar refractivity (Wildman–Crippen MR) is 84.4 cm³/mol. The maximum absolute atomic E-state index is 5.67. The zero-order valence-electron chi connectivity index (χ0n) is 13.6. The van der Waals surface area contributed by atoms with Crippen LogP contribution in [-0.2, 0) is 0 Å². The van der Waals surface area contributed by atoms with Crippen LogP contribution in [0, 0.1) is 11.3 Å². The molecule has 0 atom stereocenters. The molecule has 0 aromatic heterocycles. The van der Waals surface area contributed by atoms with Gasteiger partial charge in [-0.15, -0.1) is 0 Å². The van der Waals surface area contributed by atoms with Crippen LogP contribution in [0.1, 0.15) is 46.0 Å². The molecular weight excluding hydrogens is 234 g/mol. The van der Waals surface area contributed by atoms with Gasteiger partial charge in [-0.3, -0.25) is 0 Å². The quantitative estimate of drug-likeness (QED) is 0.734. The highest BCUT2D eigenvalue weighted by Gasteiger charge is 2.19. The molecular formula is C16H35N3. The van der Waals surface area contributed by atoms with Crippen LogP contribution in [0.3, 0.4) is 0 Å². The third kappa shape index (κ3) is 7.28. The number of nitrogens with two attached hydrogens (primary N) is 1. The van der Waals surface area contributed by atoms with Crippen LogP contribution in [0.4, 0.5) is 0 Å². The molecule has 1 heterocycles. The summed E-state index contributed by atoms with van der Waals surface area (Å²) in [5, 5.41) is 0. The summed E-state index contributed by atoms with van der Waals surface area (Å²) in [5.74, 6) is 0.915. The molecule has 0 radical (unpaired) electrons. The second-order valence-electron chi connectivity index (χ2n) is 7.32. The summed E-state index contributed by atoms with van der Waals surface area (Å²) >= 11 is 0. The topological polar surface area (TPSA) is 32.5 Å². The van der Waals surface area contributed by atoms with E-state index in [1.165, 1.54) is 51.9 Å². The first kappa shape index (κ1) is 16.9. The van der Waals surface area contributed by atoms with Gasteiger partial charge in [0.15, 0.2) is 0 Å². The lowest BCUT2D eigenvalue weighted by Crippen LogP contribution is -2.36. The van der Waals surface area contributed by atoms with Crippen molar-refractivity contribution < 1.29 is 0 Å². The zero-order chi connectivity index (χ0) is 14.3. The van der Waals surface area contributed by atoms with Gasteiger partial charge in [0.25, 0.3) is 0 Å². The van der Waals surface area contributed by atoms with E-state index in [0.29, 0.717) is 5.41 Å². The van der Waals surface area contributed by atoms with Crippen molar-refractivity contribution in [3.63, 3.8) is 0 Å². The zero-order valence-corrected chi connectivity index (χ0v) is 13.6. The van der Waals surface area contributed by atoms with Crippen molar-refractivity contribution in [2.45, 2.75) is 46.0 Å². The Balaban J connectivity index is 2.12. The highest BCUT2D eigenvalue weighted by atomic mass is 15.1. The van der Waals surface area contributed by atoms with Crippen LogP contribution in [0.25, 0.3) is 0 Å². The summed E-state index contributed by atoms with van der Waals surface area (Å²) in [6.07, 6.45) is 6.49. The Morgan fingerprint density at radius 1 is 1.21 bits per heavy atom. The van der Waals surface area contributed by atoms with E-state index in [1.807, 2.05) is 0 Å². The van der Waals surface area contributed by atoms with Gasteiger partial charge in [-0.05, 0) is 83.7 Å². The summed E-state index contributed by atoms with van der Waals surface area (Å²) in [7, 11) is 4.52. The molecule has 0 amide bonds. The first-order chi connectivity index (χ1) is 8.93. The first-order valence-corrected chi connectivity index (χ1v) is 8.00. The fourth-order valence-electron chi connectivity index (χ4n) is 3.12. The molecule has 1 saturated heterocycles. The van der Waals surface area contributed by atoms with Crippen molar-refractivity contribution in [3.8, 4) is 0 Å². The summed E-state index contributed by atoms with van der Waals surface area (Å²) in [6, 6.07) is 0. The maximum atomic E-state index is 5.67. The van der Waals surface area contributed by atoms with E-state index in [4.69, 9.17) is 5.73 Å². The van der Waals surface area contributed by atoms with E-state index in [2.05, 4.69) is 37.7 Å². The molecule has 2 N–H and O–H groups in total. The third-order valence-electron chi connectivity index (χ3n) is 4.62. The molecule has 0 aromatic carbocycles. The van der Waals surface area contributed by atoms with E-state index < -0.39 is 0 Å². The van der Waals surface area contributed by atoms with Crippen LogP contribution in [0.2, 0.25) is 0 Å². The molecule has 0 unspecified atom stereocenters. The van der Waals surface area contributed by atoms with E-state index in [1.54, 1.807) is 0 Å². The van der Waals surface area contributed by atoms with Crippen LogP contribution >= 0.6 is 0 Å². The lowest BCUT2D eigenvalue weighted by atomic mass is 9.84. The lowest BCUT2D eigenvalue weighted by molar-refractivity contribution is 0.171. The smallest absolute Gasteiger partial charge is 0.000756 e. The van der Waals surface area contributed by atoms with Gasteiger partial charge in [-0.2, -0.15) is 0 Å². The van der Waals surface area contributed by atoms with Crippen molar-refractivity contribution in [3.05, 3.63) is 0 Å². The molecule has 0 spiro atoms. The third-order valence-corrected chi connectivity index (χ3v) is 4.62. The van der Waals surface area contributed by atoms with E-state index in [-0.39, 0.29) is 0 Å². The van der Waals surface area contributed by atoms with E-state index in [9.17, 15) is 0 Å². The Hall–Kier alpha value is -0.120. The van der Waals surface area contributed by atoms with Gasteiger partial charge in [0.2, 0.25) is 0 Å². The minimum absolute atomic E-state index is 0.420. The Bertz CT molecular complexity index is 232. The molecule has 0 bridgehead atoms. The summed E-state index contributed by atoms with van der Waals surface area (Å²) in [6.45, 7) is 10.6. The SMILES string of the molecule is CN1CCC(CN(C)CCCC(C)(C)CCN)CC1. The first-order valence-electron chi connectivity index (χ1n) is 8.00. The predicted octanol–water partition coefficient (Wildman–Crippen LogP) is 2.42. The molecule has 1 rings (SSSR count). The molecule has 19 heavy (non-hydrogen) atoms. The molecule has 0 aromatic rings. The highest BCUT2D eigenvalue weighted by Crippen LogP contribution is 2.26. The largest absolute Gasteiger partial charge is 0.330 e. The van der Waals surface area contributed by atoms with Gasteiger partial charge in [0, 0.05) is 6.54 Å². The van der Waals surface area contributed by atoms with Crippen molar-refractivity contribution >= 4 is 0 Å². The molecule has 0 aliphatic carbocycles. The second-order valence-corrected chi connectivity index (χ2v) is 7.32. The summed E-state index contributed by atoms with van der Waals surface area (Å²) in [4.78, 5) is 4.99. The number of rotatable bonds is 8.